The highest BCUT2D eigenvalue weighted by atomic mass is 79.9. The topological polar surface area (TPSA) is 80.5 Å². The molecule has 0 aliphatic carbocycles. The Morgan fingerprint density at radius 1 is 1.60 bits per heavy atom. The number of likely N-dealkylation sites (tertiary alicyclic amines) is 1. The van der Waals surface area contributed by atoms with E-state index in [4.69, 9.17) is 10.5 Å². The number of amides is 1. The van der Waals surface area contributed by atoms with E-state index < -0.39 is 0 Å². The third-order valence-corrected chi connectivity index (χ3v) is 3.68. The molecule has 0 radical (unpaired) electrons. The molecule has 7 heteroatoms. The zero-order valence-electron chi connectivity index (χ0n) is 11.4. The summed E-state index contributed by atoms with van der Waals surface area (Å²) in [6, 6.07) is 2.10. The summed E-state index contributed by atoms with van der Waals surface area (Å²) in [5, 5.41) is 3.33. The minimum absolute atomic E-state index is 0.229. The zero-order chi connectivity index (χ0) is 14.5. The third-order valence-electron chi connectivity index (χ3n) is 3.25. The van der Waals surface area contributed by atoms with Crippen molar-refractivity contribution >= 4 is 33.5 Å². The maximum atomic E-state index is 11.6. The Morgan fingerprint density at radius 2 is 2.30 bits per heavy atom. The Kier molecular flexibility index (Phi) is 5.05. The summed E-state index contributed by atoms with van der Waals surface area (Å²) in [6.07, 6.45) is 3.20. The SMILES string of the molecule is CCOC(=O)N1CCC(Nc2ncc(Br)cc2N)CC1. The molecule has 3 N–H and O–H groups in total. The van der Waals surface area contributed by atoms with Crippen LogP contribution in [0.2, 0.25) is 0 Å². The van der Waals surface area contributed by atoms with Crippen LogP contribution in [0.15, 0.2) is 16.7 Å². The molecule has 0 unspecified atom stereocenters. The van der Waals surface area contributed by atoms with Crippen LogP contribution in [0.5, 0.6) is 0 Å². The number of pyridine rings is 1. The Hall–Kier alpha value is -1.50. The number of hydrogen-bond acceptors (Lipinski definition) is 5. The summed E-state index contributed by atoms with van der Waals surface area (Å²) >= 11 is 3.33. The fourth-order valence-electron chi connectivity index (χ4n) is 2.19. The maximum Gasteiger partial charge on any atom is 0.409 e. The van der Waals surface area contributed by atoms with Gasteiger partial charge in [0.05, 0.1) is 12.3 Å². The lowest BCUT2D eigenvalue weighted by Gasteiger charge is -2.32. The number of nitrogens with zero attached hydrogens (tertiary/aromatic N) is 2. The molecule has 2 heterocycles. The Labute approximate surface area is 126 Å². The molecule has 1 aromatic heterocycles. The van der Waals surface area contributed by atoms with Crippen LogP contribution < -0.4 is 11.1 Å². The fraction of sp³-hybridized carbons (Fsp3) is 0.538. The number of piperidine rings is 1. The monoisotopic (exact) mass is 342 g/mol. The number of rotatable bonds is 3. The fourth-order valence-corrected chi connectivity index (χ4v) is 2.54. The molecular formula is C13H19BrN4O2. The van der Waals surface area contributed by atoms with E-state index in [2.05, 4.69) is 26.2 Å². The Balaban J connectivity index is 1.86. The van der Waals surface area contributed by atoms with Crippen molar-refractivity contribution in [2.75, 3.05) is 30.7 Å². The van der Waals surface area contributed by atoms with E-state index in [1.165, 1.54) is 0 Å². The van der Waals surface area contributed by atoms with Gasteiger partial charge >= 0.3 is 6.09 Å². The Bertz CT molecular complexity index is 475. The molecule has 6 nitrogen and oxygen atoms in total. The second-order valence-electron chi connectivity index (χ2n) is 4.70. The number of nitrogens with two attached hydrogens (primary N) is 1. The first-order valence-corrected chi connectivity index (χ1v) is 7.48. The van der Waals surface area contributed by atoms with E-state index in [1.807, 2.05) is 13.0 Å². The average Bonchev–Trinajstić information content (AvgIpc) is 2.43. The van der Waals surface area contributed by atoms with Crippen LogP contribution in [-0.4, -0.2) is 41.7 Å². The van der Waals surface area contributed by atoms with E-state index in [0.29, 0.717) is 31.2 Å². The van der Waals surface area contributed by atoms with Crippen LogP contribution in [0.3, 0.4) is 0 Å². The van der Waals surface area contributed by atoms with Gasteiger partial charge in [-0.05, 0) is 41.8 Å². The molecule has 0 atom stereocenters. The molecule has 1 aliphatic rings. The van der Waals surface area contributed by atoms with Gasteiger partial charge in [0.2, 0.25) is 0 Å². The van der Waals surface area contributed by atoms with Gasteiger partial charge in [-0.2, -0.15) is 0 Å². The minimum Gasteiger partial charge on any atom is -0.450 e. The molecule has 2 rings (SSSR count). The maximum absolute atomic E-state index is 11.6. The molecule has 1 amide bonds. The summed E-state index contributed by atoms with van der Waals surface area (Å²) < 4.78 is 5.86. The van der Waals surface area contributed by atoms with Crippen molar-refractivity contribution in [2.24, 2.45) is 0 Å². The van der Waals surface area contributed by atoms with Gasteiger partial charge in [0.1, 0.15) is 5.82 Å². The van der Waals surface area contributed by atoms with E-state index >= 15 is 0 Å². The van der Waals surface area contributed by atoms with E-state index in [-0.39, 0.29) is 12.1 Å². The van der Waals surface area contributed by atoms with Crippen molar-refractivity contribution in [2.45, 2.75) is 25.8 Å². The number of carbonyl (C=O) groups excluding carboxylic acids is 1. The number of hydrogen-bond donors (Lipinski definition) is 2. The van der Waals surface area contributed by atoms with Crippen molar-refractivity contribution in [3.05, 3.63) is 16.7 Å². The number of aromatic nitrogens is 1. The van der Waals surface area contributed by atoms with Crippen LogP contribution in [0.25, 0.3) is 0 Å². The summed E-state index contributed by atoms with van der Waals surface area (Å²) in [6.45, 7) is 3.60. The molecule has 0 aromatic carbocycles. The van der Waals surface area contributed by atoms with Crippen molar-refractivity contribution < 1.29 is 9.53 Å². The van der Waals surface area contributed by atoms with Gasteiger partial charge < -0.3 is 20.7 Å². The first-order chi connectivity index (χ1) is 9.60. The van der Waals surface area contributed by atoms with Crippen molar-refractivity contribution in [1.82, 2.24) is 9.88 Å². The van der Waals surface area contributed by atoms with Gasteiger partial charge in [-0.15, -0.1) is 0 Å². The average molecular weight is 343 g/mol. The molecular weight excluding hydrogens is 324 g/mol. The molecule has 110 valence electrons. The van der Waals surface area contributed by atoms with Gasteiger partial charge in [-0.25, -0.2) is 9.78 Å². The highest BCUT2D eigenvalue weighted by molar-refractivity contribution is 9.10. The molecule has 0 saturated carbocycles. The van der Waals surface area contributed by atoms with Crippen LogP contribution in [0.4, 0.5) is 16.3 Å². The molecule has 0 bridgehead atoms. The standard InChI is InChI=1S/C13H19BrN4O2/c1-2-20-13(19)18-5-3-10(4-6-18)17-12-11(15)7-9(14)8-16-12/h7-8,10H,2-6,15H2,1H3,(H,16,17). The summed E-state index contributed by atoms with van der Waals surface area (Å²) in [7, 11) is 0. The van der Waals surface area contributed by atoms with Gasteiger partial charge in [-0.1, -0.05) is 0 Å². The van der Waals surface area contributed by atoms with Crippen LogP contribution >= 0.6 is 15.9 Å². The molecule has 1 fully saturated rings. The second-order valence-corrected chi connectivity index (χ2v) is 5.61. The second kappa shape index (κ2) is 6.78. The van der Waals surface area contributed by atoms with E-state index in [0.717, 1.165) is 17.3 Å². The van der Waals surface area contributed by atoms with Crippen LogP contribution in [0, 0.1) is 0 Å². The molecule has 20 heavy (non-hydrogen) atoms. The predicted molar refractivity (Wildman–Crippen MR) is 81.6 cm³/mol. The molecule has 1 aromatic rings. The summed E-state index contributed by atoms with van der Waals surface area (Å²) in [4.78, 5) is 17.6. The lowest BCUT2D eigenvalue weighted by Crippen LogP contribution is -2.42. The van der Waals surface area contributed by atoms with Crippen molar-refractivity contribution in [3.8, 4) is 0 Å². The number of halogens is 1. The van der Waals surface area contributed by atoms with Gasteiger partial charge in [0.25, 0.3) is 0 Å². The largest absolute Gasteiger partial charge is 0.450 e. The quantitative estimate of drug-likeness (QED) is 0.881. The van der Waals surface area contributed by atoms with Gasteiger partial charge in [-0.3, -0.25) is 0 Å². The highest BCUT2D eigenvalue weighted by Crippen LogP contribution is 2.23. The summed E-state index contributed by atoms with van der Waals surface area (Å²) in [5.41, 5.74) is 6.53. The minimum atomic E-state index is -0.229. The normalized spacial score (nSPS) is 16.0. The van der Waals surface area contributed by atoms with Crippen molar-refractivity contribution in [1.29, 1.82) is 0 Å². The smallest absolute Gasteiger partial charge is 0.409 e. The summed E-state index contributed by atoms with van der Waals surface area (Å²) in [5.74, 6) is 0.697. The number of carbonyl (C=O) groups is 1. The lowest BCUT2D eigenvalue weighted by atomic mass is 10.1. The Morgan fingerprint density at radius 3 is 2.90 bits per heavy atom. The van der Waals surface area contributed by atoms with Crippen LogP contribution in [0.1, 0.15) is 19.8 Å². The van der Waals surface area contributed by atoms with Gasteiger partial charge in [0.15, 0.2) is 0 Å². The van der Waals surface area contributed by atoms with Crippen LogP contribution in [-0.2, 0) is 4.74 Å². The number of nitrogens with one attached hydrogen (secondary N) is 1. The van der Waals surface area contributed by atoms with Crippen molar-refractivity contribution in [3.63, 3.8) is 0 Å². The zero-order valence-corrected chi connectivity index (χ0v) is 13.0. The highest BCUT2D eigenvalue weighted by Gasteiger charge is 2.23. The predicted octanol–water partition coefficient (Wildman–Crippen LogP) is 2.46. The first kappa shape index (κ1) is 14.9. The third kappa shape index (κ3) is 3.75. The number of anilines is 2. The molecule has 1 saturated heterocycles. The molecule has 1 aliphatic heterocycles. The number of nitrogen functional groups attached to an aromatic ring is 1. The molecule has 0 spiro atoms. The van der Waals surface area contributed by atoms with Gasteiger partial charge in [0, 0.05) is 29.8 Å². The first-order valence-electron chi connectivity index (χ1n) is 6.69. The van der Waals surface area contributed by atoms with E-state index in [9.17, 15) is 4.79 Å². The number of ether oxygens (including phenoxy) is 1. The lowest BCUT2D eigenvalue weighted by molar-refractivity contribution is 0.0983. The van der Waals surface area contributed by atoms with E-state index in [1.54, 1.807) is 11.1 Å².